The molecule has 0 bridgehead atoms. The molecule has 0 spiro atoms. The molecule has 3 atom stereocenters. The van der Waals surface area contributed by atoms with Crippen molar-refractivity contribution in [3.05, 3.63) is 34.9 Å². The normalized spacial score (nSPS) is 23.6. The highest BCUT2D eigenvalue weighted by Gasteiger charge is 2.49. The van der Waals surface area contributed by atoms with Crippen molar-refractivity contribution >= 4 is 23.6 Å². The average Bonchev–Trinajstić information content (AvgIpc) is 2.51. The minimum atomic E-state index is -4.60. The molecular weight excluding hydrogens is 397 g/mol. The first-order valence-electron chi connectivity index (χ1n) is 8.87. The molecule has 1 aromatic carbocycles. The molecule has 0 aromatic heterocycles. The second-order valence-corrected chi connectivity index (χ2v) is 8.49. The van der Waals surface area contributed by atoms with Crippen LogP contribution >= 0.6 is 11.6 Å². The van der Waals surface area contributed by atoms with Gasteiger partial charge >= 0.3 is 12.3 Å². The van der Waals surface area contributed by atoms with Crippen molar-refractivity contribution in [3.8, 4) is 0 Å². The van der Waals surface area contributed by atoms with Gasteiger partial charge in [-0.3, -0.25) is 9.69 Å². The number of carbonyl (C=O) groups is 2. The third kappa shape index (κ3) is 4.90. The Bertz CT molecular complexity index is 749. The van der Waals surface area contributed by atoms with E-state index < -0.39 is 48.3 Å². The summed E-state index contributed by atoms with van der Waals surface area (Å²) in [5.74, 6) is -1.33. The Kier molecular flexibility index (Phi) is 6.23. The van der Waals surface area contributed by atoms with Crippen LogP contribution in [-0.2, 0) is 4.79 Å². The molecule has 1 saturated heterocycles. The van der Waals surface area contributed by atoms with E-state index in [0.717, 1.165) is 9.80 Å². The Morgan fingerprint density at radius 2 is 1.93 bits per heavy atom. The number of likely N-dealkylation sites (tertiary alicyclic amines) is 1. The fourth-order valence-corrected chi connectivity index (χ4v) is 4.02. The third-order valence-corrected chi connectivity index (χ3v) is 5.22. The zero-order valence-electron chi connectivity index (χ0n) is 16.1. The number of carboxylic acid groups (broad SMARTS) is 1. The number of hydrogen-bond acceptors (Lipinski definition) is 2. The van der Waals surface area contributed by atoms with Crippen molar-refractivity contribution in [2.75, 3.05) is 6.54 Å². The molecule has 5 nitrogen and oxygen atoms in total. The molecule has 1 fully saturated rings. The predicted molar refractivity (Wildman–Crippen MR) is 99.4 cm³/mol. The maximum Gasteiger partial charge on any atom is 0.408 e. The lowest BCUT2D eigenvalue weighted by Gasteiger charge is -2.48. The molecule has 0 saturated carbocycles. The summed E-state index contributed by atoms with van der Waals surface area (Å²) >= 11 is 6.04. The van der Waals surface area contributed by atoms with Crippen molar-refractivity contribution in [1.29, 1.82) is 0 Å². The number of alkyl halides is 3. The van der Waals surface area contributed by atoms with Crippen LogP contribution in [0.2, 0.25) is 5.02 Å². The van der Waals surface area contributed by atoms with Crippen LogP contribution in [0.5, 0.6) is 0 Å². The molecule has 9 heteroatoms. The molecule has 156 valence electrons. The highest BCUT2D eigenvalue weighted by molar-refractivity contribution is 6.30. The number of amides is 2. The monoisotopic (exact) mass is 420 g/mol. The van der Waals surface area contributed by atoms with Gasteiger partial charge < -0.3 is 10.0 Å². The van der Waals surface area contributed by atoms with Gasteiger partial charge in [0, 0.05) is 22.5 Å². The van der Waals surface area contributed by atoms with Gasteiger partial charge in [-0.1, -0.05) is 23.7 Å². The topological polar surface area (TPSA) is 60.9 Å². The van der Waals surface area contributed by atoms with E-state index in [1.807, 2.05) is 0 Å². The zero-order chi connectivity index (χ0) is 21.4. The van der Waals surface area contributed by atoms with Gasteiger partial charge in [-0.2, -0.15) is 13.2 Å². The summed E-state index contributed by atoms with van der Waals surface area (Å²) in [6.07, 6.45) is -5.86. The lowest BCUT2D eigenvalue weighted by molar-refractivity contribution is -0.174. The number of carbonyl (C=O) groups excluding carboxylic acids is 1. The van der Waals surface area contributed by atoms with Crippen LogP contribution < -0.4 is 0 Å². The van der Waals surface area contributed by atoms with E-state index in [2.05, 4.69) is 0 Å². The van der Waals surface area contributed by atoms with Gasteiger partial charge in [-0.15, -0.1) is 0 Å². The Hall–Kier alpha value is -1.96. The maximum absolute atomic E-state index is 13.2. The molecule has 1 aromatic rings. The molecule has 2 amide bonds. The molecule has 1 heterocycles. The molecule has 1 N–H and O–H groups in total. The van der Waals surface area contributed by atoms with E-state index in [1.54, 1.807) is 52.0 Å². The Morgan fingerprint density at radius 3 is 2.39 bits per heavy atom. The predicted octanol–water partition coefficient (Wildman–Crippen LogP) is 4.75. The maximum atomic E-state index is 13.2. The second-order valence-electron chi connectivity index (χ2n) is 8.06. The van der Waals surface area contributed by atoms with Crippen molar-refractivity contribution in [3.63, 3.8) is 0 Å². The largest absolute Gasteiger partial charge is 0.465 e. The molecule has 1 aliphatic rings. The molecule has 2 rings (SSSR count). The van der Waals surface area contributed by atoms with E-state index in [-0.39, 0.29) is 6.42 Å². The first-order chi connectivity index (χ1) is 12.7. The van der Waals surface area contributed by atoms with Crippen LogP contribution in [0.4, 0.5) is 18.0 Å². The number of halogens is 4. The molecule has 0 radical (unpaired) electrons. The van der Waals surface area contributed by atoms with Gasteiger partial charge in [0.15, 0.2) is 0 Å². The van der Waals surface area contributed by atoms with Gasteiger partial charge in [0.25, 0.3) is 0 Å². The smallest absolute Gasteiger partial charge is 0.408 e. The molecule has 0 aliphatic carbocycles. The van der Waals surface area contributed by atoms with Crippen molar-refractivity contribution in [2.45, 2.75) is 63.8 Å². The quantitative estimate of drug-likeness (QED) is 0.767. The Labute approximate surface area is 167 Å². The molecular formula is C19H24ClF3N2O3. The van der Waals surface area contributed by atoms with E-state index in [9.17, 15) is 27.9 Å². The molecule has 28 heavy (non-hydrogen) atoms. The minimum Gasteiger partial charge on any atom is -0.465 e. The fraction of sp³-hybridized carbons (Fsp3) is 0.579. The summed E-state index contributed by atoms with van der Waals surface area (Å²) < 4.78 is 39.5. The van der Waals surface area contributed by atoms with Crippen LogP contribution in [0.1, 0.15) is 45.6 Å². The standard InChI is InChI=1S/C19H24ClF3N2O3/c1-11-14(12-6-5-7-13(20)8-12)9-15(25(17(27)28)18(2,3)4)16(26)24(11)10-19(21,22)23/h5-8,11,14-15H,9-10H2,1-4H3,(H,27,28)/t11-,14-,15+/m1/s1. The van der Waals surface area contributed by atoms with Crippen LogP contribution in [0.25, 0.3) is 0 Å². The number of hydrogen-bond donors (Lipinski definition) is 1. The van der Waals surface area contributed by atoms with Gasteiger partial charge in [-0.05, 0) is 51.8 Å². The highest BCUT2D eigenvalue weighted by Crippen LogP contribution is 2.39. The number of nitrogens with zero attached hydrogens (tertiary/aromatic N) is 2. The first-order valence-corrected chi connectivity index (χ1v) is 9.25. The summed E-state index contributed by atoms with van der Waals surface area (Å²) in [6, 6.07) is 4.72. The zero-order valence-corrected chi connectivity index (χ0v) is 16.9. The van der Waals surface area contributed by atoms with Crippen LogP contribution in [-0.4, -0.2) is 57.3 Å². The average molecular weight is 421 g/mol. The summed E-state index contributed by atoms with van der Waals surface area (Å²) in [5, 5.41) is 10.1. The van der Waals surface area contributed by atoms with Gasteiger partial charge in [0.2, 0.25) is 5.91 Å². The second kappa shape index (κ2) is 7.81. The number of rotatable bonds is 3. The Balaban J connectivity index is 2.53. The fourth-order valence-electron chi connectivity index (χ4n) is 3.82. The van der Waals surface area contributed by atoms with E-state index in [4.69, 9.17) is 11.6 Å². The SMILES string of the molecule is C[C@@H]1[C@H](c2cccc(Cl)c2)C[C@H](N(C(=O)O)C(C)(C)C)C(=O)N1CC(F)(F)F. The van der Waals surface area contributed by atoms with E-state index in [0.29, 0.717) is 10.6 Å². The van der Waals surface area contributed by atoms with Gasteiger partial charge in [0.1, 0.15) is 12.6 Å². The first kappa shape index (κ1) is 22.3. The Morgan fingerprint density at radius 1 is 1.32 bits per heavy atom. The van der Waals surface area contributed by atoms with E-state index >= 15 is 0 Å². The summed E-state index contributed by atoms with van der Waals surface area (Å²) in [5.41, 5.74) is -0.292. The highest BCUT2D eigenvalue weighted by atomic mass is 35.5. The van der Waals surface area contributed by atoms with E-state index in [1.165, 1.54) is 0 Å². The minimum absolute atomic E-state index is 0.0816. The number of benzene rings is 1. The summed E-state index contributed by atoms with van der Waals surface area (Å²) in [7, 11) is 0. The summed E-state index contributed by atoms with van der Waals surface area (Å²) in [4.78, 5) is 26.5. The van der Waals surface area contributed by atoms with Crippen molar-refractivity contribution < 1.29 is 27.9 Å². The van der Waals surface area contributed by atoms with Gasteiger partial charge in [-0.25, -0.2) is 4.79 Å². The lowest BCUT2D eigenvalue weighted by Crippen LogP contribution is -2.63. The van der Waals surface area contributed by atoms with Crippen molar-refractivity contribution in [2.24, 2.45) is 0 Å². The van der Waals surface area contributed by atoms with Crippen LogP contribution in [0, 0.1) is 0 Å². The number of piperidine rings is 1. The summed E-state index contributed by atoms with van der Waals surface area (Å²) in [6.45, 7) is 4.94. The van der Waals surface area contributed by atoms with Crippen LogP contribution in [0.15, 0.2) is 24.3 Å². The van der Waals surface area contributed by atoms with Crippen LogP contribution in [0.3, 0.4) is 0 Å². The third-order valence-electron chi connectivity index (χ3n) is 4.99. The molecule has 1 aliphatic heterocycles. The molecule has 0 unspecified atom stereocenters. The van der Waals surface area contributed by atoms with Crippen molar-refractivity contribution in [1.82, 2.24) is 9.80 Å². The lowest BCUT2D eigenvalue weighted by atomic mass is 9.80. The van der Waals surface area contributed by atoms with Gasteiger partial charge in [0.05, 0.1) is 0 Å².